The van der Waals surface area contributed by atoms with Crippen LogP contribution in [0, 0.1) is 0 Å². The Labute approximate surface area is 144 Å². The van der Waals surface area contributed by atoms with E-state index in [0.29, 0.717) is 12.0 Å². The van der Waals surface area contributed by atoms with Crippen molar-refractivity contribution in [2.24, 2.45) is 0 Å². The van der Waals surface area contributed by atoms with Gasteiger partial charge in [0.05, 0.1) is 22.8 Å². The van der Waals surface area contributed by atoms with Crippen LogP contribution in [-0.2, 0) is 9.84 Å². The molecule has 1 aliphatic rings. The van der Waals surface area contributed by atoms with Crippen LogP contribution >= 0.6 is 0 Å². The predicted octanol–water partition coefficient (Wildman–Crippen LogP) is 0.704. The molecule has 0 aromatic carbocycles. The molecule has 0 spiro atoms. The van der Waals surface area contributed by atoms with Crippen molar-refractivity contribution in [3.05, 3.63) is 24.0 Å². The molecule has 1 amide bonds. The van der Waals surface area contributed by atoms with Crippen LogP contribution in [0.4, 0.5) is 5.69 Å². The van der Waals surface area contributed by atoms with Gasteiger partial charge in [0, 0.05) is 32.0 Å². The quantitative estimate of drug-likeness (QED) is 0.726. The van der Waals surface area contributed by atoms with Crippen molar-refractivity contribution >= 4 is 21.4 Å². The molecule has 8 heteroatoms. The smallest absolute Gasteiger partial charge is 0.255 e. The molecule has 1 aromatic heterocycles. The fourth-order valence-corrected chi connectivity index (χ4v) is 4.51. The minimum absolute atomic E-state index is 0.0468. The van der Waals surface area contributed by atoms with Crippen molar-refractivity contribution < 1.29 is 13.2 Å². The SMILES string of the molecule is CN(C)CCCNc1cncc(C(=O)N(C)C2CCS(=O)(=O)C2)c1. The van der Waals surface area contributed by atoms with Crippen LogP contribution in [0.2, 0.25) is 0 Å². The summed E-state index contributed by atoms with van der Waals surface area (Å²) in [4.78, 5) is 20.3. The number of anilines is 1. The molecule has 1 aromatic rings. The van der Waals surface area contributed by atoms with Gasteiger partial charge in [-0.15, -0.1) is 0 Å². The summed E-state index contributed by atoms with van der Waals surface area (Å²) in [7, 11) is 2.70. The molecule has 7 nitrogen and oxygen atoms in total. The lowest BCUT2D eigenvalue weighted by atomic mass is 10.2. The van der Waals surface area contributed by atoms with Gasteiger partial charge in [-0.2, -0.15) is 0 Å². The first-order chi connectivity index (χ1) is 11.3. The van der Waals surface area contributed by atoms with Crippen LogP contribution < -0.4 is 5.32 Å². The molecule has 2 heterocycles. The first-order valence-corrected chi connectivity index (χ1v) is 9.92. The Morgan fingerprint density at radius 3 is 2.71 bits per heavy atom. The highest BCUT2D eigenvalue weighted by Gasteiger charge is 2.33. The molecule has 1 saturated heterocycles. The summed E-state index contributed by atoms with van der Waals surface area (Å²) in [6.07, 6.45) is 4.70. The van der Waals surface area contributed by atoms with Gasteiger partial charge in [-0.3, -0.25) is 9.78 Å². The van der Waals surface area contributed by atoms with Gasteiger partial charge in [0.1, 0.15) is 0 Å². The Hall–Kier alpha value is -1.67. The van der Waals surface area contributed by atoms with Gasteiger partial charge in [0.25, 0.3) is 5.91 Å². The third-order valence-electron chi connectivity index (χ3n) is 4.17. The summed E-state index contributed by atoms with van der Waals surface area (Å²) in [5, 5.41) is 3.26. The molecule has 1 atom stereocenters. The highest BCUT2D eigenvalue weighted by atomic mass is 32.2. The van der Waals surface area contributed by atoms with Crippen LogP contribution in [0.3, 0.4) is 0 Å². The van der Waals surface area contributed by atoms with Crippen LogP contribution in [0.1, 0.15) is 23.2 Å². The molecule has 0 saturated carbocycles. The van der Waals surface area contributed by atoms with Crippen LogP contribution in [0.25, 0.3) is 0 Å². The van der Waals surface area contributed by atoms with Gasteiger partial charge in [0.15, 0.2) is 9.84 Å². The van der Waals surface area contributed by atoms with E-state index < -0.39 is 9.84 Å². The number of rotatable bonds is 7. The lowest BCUT2D eigenvalue weighted by Gasteiger charge is -2.23. The van der Waals surface area contributed by atoms with Crippen molar-refractivity contribution in [2.45, 2.75) is 18.9 Å². The maximum atomic E-state index is 12.6. The van der Waals surface area contributed by atoms with E-state index in [-0.39, 0.29) is 23.5 Å². The minimum Gasteiger partial charge on any atom is -0.384 e. The number of carbonyl (C=O) groups is 1. The summed E-state index contributed by atoms with van der Waals surface area (Å²) >= 11 is 0. The number of sulfone groups is 1. The summed E-state index contributed by atoms with van der Waals surface area (Å²) in [6, 6.07) is 1.52. The number of pyridine rings is 1. The third-order valence-corrected chi connectivity index (χ3v) is 5.92. The molecular formula is C16H26N4O3S. The summed E-state index contributed by atoms with van der Waals surface area (Å²) in [5.74, 6) is 0.00753. The molecule has 0 bridgehead atoms. The maximum absolute atomic E-state index is 12.6. The van der Waals surface area contributed by atoms with Crippen LogP contribution in [0.5, 0.6) is 0 Å². The monoisotopic (exact) mass is 354 g/mol. The lowest BCUT2D eigenvalue weighted by Crippen LogP contribution is -2.37. The highest BCUT2D eigenvalue weighted by molar-refractivity contribution is 7.91. The Bertz CT molecular complexity index is 676. The molecule has 0 radical (unpaired) electrons. The second-order valence-corrected chi connectivity index (χ2v) is 8.75. The molecule has 0 aliphatic carbocycles. The number of hydrogen-bond donors (Lipinski definition) is 1. The summed E-state index contributed by atoms with van der Waals surface area (Å²) < 4.78 is 23.2. The lowest BCUT2D eigenvalue weighted by molar-refractivity contribution is 0.0747. The van der Waals surface area contributed by atoms with E-state index in [1.807, 2.05) is 14.1 Å². The normalized spacial score (nSPS) is 19.4. The highest BCUT2D eigenvalue weighted by Crippen LogP contribution is 2.19. The Morgan fingerprint density at radius 2 is 2.08 bits per heavy atom. The molecule has 1 fully saturated rings. The largest absolute Gasteiger partial charge is 0.384 e. The molecule has 1 unspecified atom stereocenters. The molecule has 1 N–H and O–H groups in total. The summed E-state index contributed by atoms with van der Waals surface area (Å²) in [6.45, 7) is 1.78. The van der Waals surface area contributed by atoms with Crippen molar-refractivity contribution in [3.8, 4) is 0 Å². The fraction of sp³-hybridized carbons (Fsp3) is 0.625. The van der Waals surface area contributed by atoms with Crippen LogP contribution in [0.15, 0.2) is 18.5 Å². The molecule has 134 valence electrons. The molecule has 24 heavy (non-hydrogen) atoms. The van der Waals surface area contributed by atoms with Gasteiger partial charge in [-0.05, 0) is 39.5 Å². The number of nitrogens with one attached hydrogen (secondary N) is 1. The Kier molecular flexibility index (Phi) is 6.17. The number of hydrogen-bond acceptors (Lipinski definition) is 6. The van der Waals surface area contributed by atoms with Gasteiger partial charge in [-0.1, -0.05) is 0 Å². The summed E-state index contributed by atoms with van der Waals surface area (Å²) in [5.41, 5.74) is 1.27. The zero-order chi connectivity index (χ0) is 17.7. The Morgan fingerprint density at radius 1 is 1.33 bits per heavy atom. The van der Waals surface area contributed by atoms with E-state index >= 15 is 0 Å². The van der Waals surface area contributed by atoms with Gasteiger partial charge in [-0.25, -0.2) is 8.42 Å². The van der Waals surface area contributed by atoms with Crippen molar-refractivity contribution in [1.82, 2.24) is 14.8 Å². The van der Waals surface area contributed by atoms with E-state index in [1.54, 1.807) is 19.3 Å². The zero-order valence-electron chi connectivity index (χ0n) is 14.5. The number of carbonyl (C=O) groups excluding carboxylic acids is 1. The number of aromatic nitrogens is 1. The fourth-order valence-electron chi connectivity index (χ4n) is 2.73. The molecule has 1 aliphatic heterocycles. The number of amides is 1. The van der Waals surface area contributed by atoms with Crippen molar-refractivity contribution in [2.75, 3.05) is 51.1 Å². The van der Waals surface area contributed by atoms with E-state index in [2.05, 4.69) is 15.2 Å². The van der Waals surface area contributed by atoms with E-state index in [9.17, 15) is 13.2 Å². The Balaban J connectivity index is 1.96. The van der Waals surface area contributed by atoms with Gasteiger partial charge < -0.3 is 15.1 Å². The van der Waals surface area contributed by atoms with Crippen molar-refractivity contribution in [3.63, 3.8) is 0 Å². The minimum atomic E-state index is -3.01. The second kappa shape index (κ2) is 7.94. The zero-order valence-corrected chi connectivity index (χ0v) is 15.3. The number of nitrogens with zero attached hydrogens (tertiary/aromatic N) is 3. The average Bonchev–Trinajstić information content (AvgIpc) is 2.90. The van der Waals surface area contributed by atoms with E-state index in [4.69, 9.17) is 0 Å². The predicted molar refractivity (Wildman–Crippen MR) is 95.1 cm³/mol. The topological polar surface area (TPSA) is 82.6 Å². The van der Waals surface area contributed by atoms with Crippen molar-refractivity contribution in [1.29, 1.82) is 0 Å². The van der Waals surface area contributed by atoms with E-state index in [0.717, 1.165) is 25.2 Å². The maximum Gasteiger partial charge on any atom is 0.255 e. The first-order valence-electron chi connectivity index (χ1n) is 8.10. The second-order valence-electron chi connectivity index (χ2n) is 6.52. The molecular weight excluding hydrogens is 328 g/mol. The van der Waals surface area contributed by atoms with Gasteiger partial charge in [0.2, 0.25) is 0 Å². The standard InChI is InChI=1S/C16H26N4O3S/c1-19(2)7-4-6-18-14-9-13(10-17-11-14)16(21)20(3)15-5-8-24(22,23)12-15/h9-11,15,18H,4-8,12H2,1-3H3. The van der Waals surface area contributed by atoms with E-state index in [1.165, 1.54) is 11.1 Å². The van der Waals surface area contributed by atoms with Gasteiger partial charge >= 0.3 is 0 Å². The third kappa shape index (κ3) is 5.17. The first kappa shape index (κ1) is 18.7. The average molecular weight is 354 g/mol. The molecule has 2 rings (SSSR count). The van der Waals surface area contributed by atoms with Crippen LogP contribution in [-0.4, -0.2) is 80.9 Å².